The van der Waals surface area contributed by atoms with Crippen LogP contribution in [0.3, 0.4) is 0 Å². The molecule has 1 rings (SSSR count). The predicted molar refractivity (Wildman–Crippen MR) is 55.5 cm³/mol. The van der Waals surface area contributed by atoms with Crippen molar-refractivity contribution in [3.8, 4) is 0 Å². The van der Waals surface area contributed by atoms with Gasteiger partial charge in [-0.3, -0.25) is 0 Å². The molecule has 0 aromatic rings. The third-order valence-corrected chi connectivity index (χ3v) is 3.14. The Morgan fingerprint density at radius 1 is 1.31 bits per heavy atom. The van der Waals surface area contributed by atoms with Crippen LogP contribution in [-0.2, 0) is 0 Å². The average molecular weight is 185 g/mol. The second kappa shape index (κ2) is 4.97. The Labute approximate surface area is 81.5 Å². The maximum Gasteiger partial charge on any atom is 0.0634 e. The van der Waals surface area contributed by atoms with Gasteiger partial charge in [0.15, 0.2) is 0 Å². The van der Waals surface area contributed by atoms with E-state index in [1.807, 2.05) is 6.92 Å². The van der Waals surface area contributed by atoms with Gasteiger partial charge in [-0.05, 0) is 32.2 Å². The van der Waals surface area contributed by atoms with E-state index in [2.05, 4.69) is 0 Å². The van der Waals surface area contributed by atoms with Crippen LogP contribution in [-0.4, -0.2) is 17.3 Å². The van der Waals surface area contributed by atoms with E-state index in [9.17, 15) is 5.11 Å². The van der Waals surface area contributed by atoms with Gasteiger partial charge in [-0.2, -0.15) is 0 Å². The van der Waals surface area contributed by atoms with Crippen molar-refractivity contribution >= 4 is 0 Å². The van der Waals surface area contributed by atoms with Gasteiger partial charge in [0.2, 0.25) is 0 Å². The third-order valence-electron chi connectivity index (χ3n) is 3.14. The van der Waals surface area contributed by atoms with Gasteiger partial charge >= 0.3 is 0 Å². The van der Waals surface area contributed by atoms with Crippen molar-refractivity contribution < 1.29 is 5.11 Å². The van der Waals surface area contributed by atoms with Crippen molar-refractivity contribution in [1.82, 2.24) is 0 Å². The molecule has 2 heteroatoms. The predicted octanol–water partition coefficient (Wildman–Crippen LogP) is 2.06. The molecule has 0 heterocycles. The summed E-state index contributed by atoms with van der Waals surface area (Å²) in [5.74, 6) is 0.746. The molecule has 0 saturated heterocycles. The monoisotopic (exact) mass is 185 g/mol. The normalized spacial score (nSPS) is 24.2. The minimum absolute atomic E-state index is 0.517. The lowest BCUT2D eigenvalue weighted by molar-refractivity contribution is 0.0219. The molecule has 13 heavy (non-hydrogen) atoms. The fourth-order valence-corrected chi connectivity index (χ4v) is 2.43. The van der Waals surface area contributed by atoms with Crippen LogP contribution in [0, 0.1) is 5.92 Å². The molecule has 2 nitrogen and oxygen atoms in total. The van der Waals surface area contributed by atoms with Crippen LogP contribution in [0.2, 0.25) is 0 Å². The topological polar surface area (TPSA) is 46.2 Å². The standard InChI is InChI=1S/C11H23NO/c1-11(13,7-8-12)9-10-5-3-2-4-6-10/h10,13H,2-9,12H2,1H3. The van der Waals surface area contributed by atoms with Crippen LogP contribution in [0.25, 0.3) is 0 Å². The van der Waals surface area contributed by atoms with Crippen molar-refractivity contribution in [2.45, 2.75) is 57.5 Å². The zero-order valence-electron chi connectivity index (χ0n) is 8.76. The van der Waals surface area contributed by atoms with E-state index < -0.39 is 5.60 Å². The first-order valence-corrected chi connectivity index (χ1v) is 5.56. The summed E-state index contributed by atoms with van der Waals surface area (Å²) in [4.78, 5) is 0. The van der Waals surface area contributed by atoms with Crippen LogP contribution in [0.1, 0.15) is 51.9 Å². The molecule has 0 amide bonds. The summed E-state index contributed by atoms with van der Waals surface area (Å²) in [6.45, 7) is 2.52. The van der Waals surface area contributed by atoms with Crippen LogP contribution < -0.4 is 5.73 Å². The van der Waals surface area contributed by atoms with Crippen molar-refractivity contribution in [3.05, 3.63) is 0 Å². The Balaban J connectivity index is 2.28. The number of rotatable bonds is 4. The summed E-state index contributed by atoms with van der Waals surface area (Å²) in [5.41, 5.74) is 4.94. The second-order valence-corrected chi connectivity index (χ2v) is 4.74. The van der Waals surface area contributed by atoms with E-state index in [-0.39, 0.29) is 0 Å². The molecule has 1 fully saturated rings. The first kappa shape index (κ1) is 11.0. The summed E-state index contributed by atoms with van der Waals surface area (Å²) in [6, 6.07) is 0. The van der Waals surface area contributed by atoms with Crippen LogP contribution in [0.4, 0.5) is 0 Å². The highest BCUT2D eigenvalue weighted by Crippen LogP contribution is 2.31. The lowest BCUT2D eigenvalue weighted by Gasteiger charge is -2.30. The quantitative estimate of drug-likeness (QED) is 0.704. The summed E-state index contributed by atoms with van der Waals surface area (Å²) in [6.07, 6.45) is 8.39. The van der Waals surface area contributed by atoms with Gasteiger partial charge in [0.1, 0.15) is 0 Å². The largest absolute Gasteiger partial charge is 0.390 e. The van der Waals surface area contributed by atoms with Gasteiger partial charge in [0.25, 0.3) is 0 Å². The zero-order chi connectivity index (χ0) is 9.73. The van der Waals surface area contributed by atoms with E-state index in [1.54, 1.807) is 0 Å². The molecule has 0 radical (unpaired) electrons. The third kappa shape index (κ3) is 4.10. The molecule has 1 atom stereocenters. The van der Waals surface area contributed by atoms with Gasteiger partial charge in [0, 0.05) is 0 Å². The molecular formula is C11H23NO. The Kier molecular flexibility index (Phi) is 4.20. The Morgan fingerprint density at radius 3 is 2.46 bits per heavy atom. The van der Waals surface area contributed by atoms with E-state index in [4.69, 9.17) is 5.73 Å². The second-order valence-electron chi connectivity index (χ2n) is 4.74. The van der Waals surface area contributed by atoms with E-state index >= 15 is 0 Å². The van der Waals surface area contributed by atoms with Gasteiger partial charge in [-0.15, -0.1) is 0 Å². The number of nitrogens with two attached hydrogens (primary N) is 1. The fourth-order valence-electron chi connectivity index (χ4n) is 2.43. The Morgan fingerprint density at radius 2 is 1.92 bits per heavy atom. The number of hydrogen-bond acceptors (Lipinski definition) is 2. The lowest BCUT2D eigenvalue weighted by atomic mass is 9.80. The van der Waals surface area contributed by atoms with Gasteiger partial charge in [-0.1, -0.05) is 32.1 Å². The highest BCUT2D eigenvalue weighted by molar-refractivity contribution is 4.78. The zero-order valence-corrected chi connectivity index (χ0v) is 8.76. The van der Waals surface area contributed by atoms with Crippen LogP contribution in [0.5, 0.6) is 0 Å². The molecule has 78 valence electrons. The fraction of sp³-hybridized carbons (Fsp3) is 1.00. The molecule has 1 aliphatic carbocycles. The molecule has 1 aliphatic rings. The highest BCUT2D eigenvalue weighted by atomic mass is 16.3. The smallest absolute Gasteiger partial charge is 0.0634 e. The van der Waals surface area contributed by atoms with Gasteiger partial charge in [-0.25, -0.2) is 0 Å². The molecule has 0 aromatic heterocycles. The van der Waals surface area contributed by atoms with Crippen LogP contribution in [0.15, 0.2) is 0 Å². The molecule has 0 spiro atoms. The molecule has 0 aliphatic heterocycles. The number of hydrogen-bond donors (Lipinski definition) is 2. The molecule has 3 N–H and O–H groups in total. The molecule has 0 bridgehead atoms. The Bertz CT molecular complexity index is 139. The van der Waals surface area contributed by atoms with Crippen molar-refractivity contribution in [1.29, 1.82) is 0 Å². The Hall–Kier alpha value is -0.0800. The molecule has 1 unspecified atom stereocenters. The maximum atomic E-state index is 9.99. The first-order valence-electron chi connectivity index (χ1n) is 5.56. The minimum Gasteiger partial charge on any atom is -0.390 e. The summed E-state index contributed by atoms with van der Waals surface area (Å²) in [5, 5.41) is 9.99. The average Bonchev–Trinajstić information content (AvgIpc) is 2.04. The van der Waals surface area contributed by atoms with Crippen LogP contribution >= 0.6 is 0 Å². The van der Waals surface area contributed by atoms with E-state index in [0.717, 1.165) is 18.8 Å². The number of aliphatic hydroxyl groups is 1. The summed E-state index contributed by atoms with van der Waals surface area (Å²) < 4.78 is 0. The lowest BCUT2D eigenvalue weighted by Crippen LogP contribution is -2.31. The molecule has 0 aromatic carbocycles. The summed E-state index contributed by atoms with van der Waals surface area (Å²) >= 11 is 0. The van der Waals surface area contributed by atoms with Crippen molar-refractivity contribution in [2.24, 2.45) is 11.7 Å². The minimum atomic E-state index is -0.517. The summed E-state index contributed by atoms with van der Waals surface area (Å²) in [7, 11) is 0. The maximum absolute atomic E-state index is 9.99. The van der Waals surface area contributed by atoms with Gasteiger partial charge in [0.05, 0.1) is 5.60 Å². The molecule has 1 saturated carbocycles. The van der Waals surface area contributed by atoms with E-state index in [0.29, 0.717) is 6.54 Å². The van der Waals surface area contributed by atoms with Gasteiger partial charge < -0.3 is 10.8 Å². The highest BCUT2D eigenvalue weighted by Gasteiger charge is 2.25. The first-order chi connectivity index (χ1) is 6.14. The van der Waals surface area contributed by atoms with E-state index in [1.165, 1.54) is 32.1 Å². The SMILES string of the molecule is CC(O)(CCN)CC1CCCCC1. The van der Waals surface area contributed by atoms with Crippen molar-refractivity contribution in [3.63, 3.8) is 0 Å². The van der Waals surface area contributed by atoms with Crippen molar-refractivity contribution in [2.75, 3.05) is 6.54 Å². The molecular weight excluding hydrogens is 162 g/mol.